The molecule has 6 heteroatoms. The van der Waals surface area contributed by atoms with Crippen molar-refractivity contribution in [1.82, 2.24) is 15.2 Å². The van der Waals surface area contributed by atoms with Crippen molar-refractivity contribution in [3.8, 4) is 0 Å². The molecule has 2 aliphatic rings. The average Bonchev–Trinajstić information content (AvgIpc) is 2.89. The number of carbonyl (C=O) groups is 1. The van der Waals surface area contributed by atoms with E-state index in [1.807, 2.05) is 41.1 Å². The molecule has 0 unspecified atom stereocenters. The summed E-state index contributed by atoms with van der Waals surface area (Å²) in [5.41, 5.74) is 0. The summed E-state index contributed by atoms with van der Waals surface area (Å²) in [6.45, 7) is 5.61. The van der Waals surface area contributed by atoms with Crippen LogP contribution >= 0.6 is 11.8 Å². The fourth-order valence-corrected chi connectivity index (χ4v) is 4.76. The molecule has 3 rings (SSSR count). The first-order valence-corrected chi connectivity index (χ1v) is 10.1. The molecule has 1 saturated carbocycles. The predicted molar refractivity (Wildman–Crippen MR) is 101 cm³/mol. The summed E-state index contributed by atoms with van der Waals surface area (Å²) in [6.07, 6.45) is 6.30. The second-order valence-corrected chi connectivity index (χ2v) is 8.13. The number of anilines is 1. The zero-order valence-electron chi connectivity index (χ0n) is 14.5. The van der Waals surface area contributed by atoms with Crippen molar-refractivity contribution in [2.24, 2.45) is 0 Å². The van der Waals surface area contributed by atoms with E-state index >= 15 is 0 Å². The van der Waals surface area contributed by atoms with Gasteiger partial charge in [0.15, 0.2) is 0 Å². The molecule has 1 aromatic heterocycles. The van der Waals surface area contributed by atoms with Crippen molar-refractivity contribution in [2.45, 2.75) is 43.9 Å². The Morgan fingerprint density at radius 1 is 1.29 bits per heavy atom. The maximum Gasteiger partial charge on any atom is 0.317 e. The Balaban J connectivity index is 1.48. The van der Waals surface area contributed by atoms with Crippen LogP contribution in [0.25, 0.3) is 0 Å². The Morgan fingerprint density at radius 2 is 2.21 bits per heavy atom. The Kier molecular flexibility index (Phi) is 6.24. The van der Waals surface area contributed by atoms with E-state index in [1.165, 1.54) is 12.2 Å². The van der Waals surface area contributed by atoms with E-state index in [0.717, 1.165) is 56.5 Å². The van der Waals surface area contributed by atoms with Gasteiger partial charge in [0, 0.05) is 43.7 Å². The second kappa shape index (κ2) is 8.60. The summed E-state index contributed by atoms with van der Waals surface area (Å²) in [6, 6.07) is 6.47. The number of amides is 2. The van der Waals surface area contributed by atoms with Gasteiger partial charge in [-0.05, 0) is 43.6 Å². The van der Waals surface area contributed by atoms with Crippen molar-refractivity contribution in [1.29, 1.82) is 0 Å². The molecule has 24 heavy (non-hydrogen) atoms. The highest BCUT2D eigenvalue weighted by atomic mass is 32.2. The zero-order chi connectivity index (χ0) is 16.8. The highest BCUT2D eigenvalue weighted by molar-refractivity contribution is 7.99. The van der Waals surface area contributed by atoms with E-state index in [1.54, 1.807) is 0 Å². The topological polar surface area (TPSA) is 48.5 Å². The minimum atomic E-state index is 0.116. The molecule has 2 atom stereocenters. The number of nitrogens with zero attached hydrogens (tertiary/aromatic N) is 3. The lowest BCUT2D eigenvalue weighted by Gasteiger charge is -2.24. The van der Waals surface area contributed by atoms with Gasteiger partial charge in [-0.2, -0.15) is 11.8 Å². The Morgan fingerprint density at radius 3 is 3.00 bits per heavy atom. The molecule has 1 aliphatic heterocycles. The van der Waals surface area contributed by atoms with Crippen molar-refractivity contribution in [3.05, 3.63) is 24.4 Å². The van der Waals surface area contributed by atoms with Crippen LogP contribution < -0.4 is 10.2 Å². The molecule has 5 nitrogen and oxygen atoms in total. The monoisotopic (exact) mass is 348 g/mol. The van der Waals surface area contributed by atoms with Gasteiger partial charge in [0.2, 0.25) is 0 Å². The molecule has 2 amide bonds. The van der Waals surface area contributed by atoms with Gasteiger partial charge in [0.05, 0.1) is 0 Å². The molecule has 1 saturated heterocycles. The summed E-state index contributed by atoms with van der Waals surface area (Å²) < 4.78 is 0. The van der Waals surface area contributed by atoms with E-state index in [2.05, 4.69) is 22.1 Å². The van der Waals surface area contributed by atoms with Crippen LogP contribution in [0.4, 0.5) is 10.6 Å². The largest absolute Gasteiger partial charge is 0.355 e. The van der Waals surface area contributed by atoms with Crippen LogP contribution in [0.2, 0.25) is 0 Å². The molecule has 0 spiro atoms. The molecule has 1 aromatic rings. The molecule has 0 aromatic carbocycles. The third-order valence-electron chi connectivity index (χ3n) is 4.87. The Labute approximate surface area is 149 Å². The third-order valence-corrected chi connectivity index (χ3v) is 6.10. The number of nitrogens with one attached hydrogen (secondary N) is 1. The van der Waals surface area contributed by atoms with Gasteiger partial charge < -0.3 is 15.1 Å². The molecule has 0 bridgehead atoms. The third kappa shape index (κ3) is 4.56. The predicted octanol–water partition coefficient (Wildman–Crippen LogP) is 2.98. The van der Waals surface area contributed by atoms with Crippen LogP contribution in [0.15, 0.2) is 24.4 Å². The molecule has 132 valence electrons. The number of aromatic nitrogens is 1. The van der Waals surface area contributed by atoms with Crippen LogP contribution in [0.1, 0.15) is 32.6 Å². The standard InChI is InChI=1S/C18H28N4OS/c1-2-24-16-8-7-15(14-16)20-18(23)22-11-5-10-21(12-13-22)17-6-3-4-9-19-17/h3-4,6,9,15-16H,2,5,7-8,10-14H2,1H3,(H,20,23)/t15-,16-/m1/s1. The Bertz CT molecular complexity index is 527. The normalized spacial score (nSPS) is 24.7. The number of rotatable bonds is 4. The maximum atomic E-state index is 12.6. The molecular weight excluding hydrogens is 320 g/mol. The number of hydrogen-bond acceptors (Lipinski definition) is 4. The summed E-state index contributed by atoms with van der Waals surface area (Å²) >= 11 is 2.03. The maximum absolute atomic E-state index is 12.6. The first-order valence-electron chi connectivity index (χ1n) is 9.09. The fourth-order valence-electron chi connectivity index (χ4n) is 3.61. The van der Waals surface area contributed by atoms with Crippen LogP contribution in [0.3, 0.4) is 0 Å². The number of thioether (sulfide) groups is 1. The summed E-state index contributed by atoms with van der Waals surface area (Å²) in [5, 5.41) is 3.98. The quantitative estimate of drug-likeness (QED) is 0.909. The van der Waals surface area contributed by atoms with E-state index in [0.29, 0.717) is 6.04 Å². The van der Waals surface area contributed by atoms with Gasteiger partial charge in [0.25, 0.3) is 0 Å². The van der Waals surface area contributed by atoms with Crippen molar-refractivity contribution in [3.63, 3.8) is 0 Å². The molecular formula is C18H28N4OS. The van der Waals surface area contributed by atoms with Gasteiger partial charge in [-0.1, -0.05) is 13.0 Å². The van der Waals surface area contributed by atoms with Crippen molar-refractivity contribution in [2.75, 3.05) is 36.8 Å². The van der Waals surface area contributed by atoms with Crippen LogP contribution in [0, 0.1) is 0 Å². The van der Waals surface area contributed by atoms with Gasteiger partial charge in [0.1, 0.15) is 5.82 Å². The Hall–Kier alpha value is -1.43. The minimum Gasteiger partial charge on any atom is -0.355 e. The highest BCUT2D eigenvalue weighted by Crippen LogP contribution is 2.29. The number of hydrogen-bond donors (Lipinski definition) is 1. The first kappa shape index (κ1) is 17.4. The van der Waals surface area contributed by atoms with Gasteiger partial charge in [-0.15, -0.1) is 0 Å². The SMILES string of the molecule is CCS[C@@H]1CC[C@@H](NC(=O)N2CCCN(c3ccccn3)CC2)C1. The number of pyridine rings is 1. The molecule has 2 heterocycles. The van der Waals surface area contributed by atoms with Gasteiger partial charge in [-0.3, -0.25) is 0 Å². The van der Waals surface area contributed by atoms with E-state index in [9.17, 15) is 4.79 Å². The van der Waals surface area contributed by atoms with Gasteiger partial charge >= 0.3 is 6.03 Å². The second-order valence-electron chi connectivity index (χ2n) is 6.55. The van der Waals surface area contributed by atoms with E-state index in [4.69, 9.17) is 0 Å². The first-order chi connectivity index (χ1) is 11.8. The molecule has 0 radical (unpaired) electrons. The zero-order valence-corrected chi connectivity index (χ0v) is 15.3. The lowest BCUT2D eigenvalue weighted by molar-refractivity contribution is 0.197. The van der Waals surface area contributed by atoms with Gasteiger partial charge in [-0.25, -0.2) is 9.78 Å². The summed E-state index contributed by atoms with van der Waals surface area (Å²) in [7, 11) is 0. The average molecular weight is 349 g/mol. The number of carbonyl (C=O) groups excluding carboxylic acids is 1. The molecule has 1 aliphatic carbocycles. The fraction of sp³-hybridized carbons (Fsp3) is 0.667. The highest BCUT2D eigenvalue weighted by Gasteiger charge is 2.28. The molecule has 2 fully saturated rings. The summed E-state index contributed by atoms with van der Waals surface area (Å²) in [5.74, 6) is 2.18. The van der Waals surface area contributed by atoms with E-state index < -0.39 is 0 Å². The van der Waals surface area contributed by atoms with Crippen molar-refractivity contribution >= 4 is 23.6 Å². The van der Waals surface area contributed by atoms with Crippen molar-refractivity contribution < 1.29 is 4.79 Å². The smallest absolute Gasteiger partial charge is 0.317 e. The van der Waals surface area contributed by atoms with Crippen LogP contribution in [-0.4, -0.2) is 59.1 Å². The minimum absolute atomic E-state index is 0.116. The lowest BCUT2D eigenvalue weighted by atomic mass is 10.2. The summed E-state index contributed by atoms with van der Waals surface area (Å²) in [4.78, 5) is 21.3. The van der Waals surface area contributed by atoms with Crippen LogP contribution in [0.5, 0.6) is 0 Å². The van der Waals surface area contributed by atoms with Crippen LogP contribution in [-0.2, 0) is 0 Å². The molecule has 1 N–H and O–H groups in total. The number of urea groups is 1. The lowest BCUT2D eigenvalue weighted by Crippen LogP contribution is -2.45. The van der Waals surface area contributed by atoms with E-state index in [-0.39, 0.29) is 6.03 Å².